The van der Waals surface area contributed by atoms with Gasteiger partial charge in [0, 0.05) is 36.6 Å². The predicted octanol–water partition coefficient (Wildman–Crippen LogP) is 2.51. The molecule has 4 aromatic rings. The number of ether oxygens (including phenoxy) is 1. The van der Waals surface area contributed by atoms with Crippen molar-refractivity contribution >= 4 is 44.4 Å². The molecule has 1 aliphatic rings. The number of sulfonamides is 1. The van der Waals surface area contributed by atoms with Crippen LogP contribution in [0.5, 0.6) is 0 Å². The monoisotopic (exact) mass is 593 g/mol. The van der Waals surface area contributed by atoms with Crippen LogP contribution in [0.1, 0.15) is 24.5 Å². The van der Waals surface area contributed by atoms with Crippen LogP contribution in [-0.4, -0.2) is 67.5 Å². The molecule has 12 nitrogen and oxygen atoms in total. The smallest absolute Gasteiger partial charge is 0.242 e. The fraction of sp³-hybridized carbons (Fsp3) is 0.310. The Labute approximate surface area is 244 Å². The summed E-state index contributed by atoms with van der Waals surface area (Å²) in [4.78, 5) is 37.0. The van der Waals surface area contributed by atoms with E-state index in [9.17, 15) is 18.0 Å². The van der Waals surface area contributed by atoms with Gasteiger partial charge in [0.2, 0.25) is 27.8 Å². The Bertz CT molecular complexity index is 1600. The molecule has 42 heavy (non-hydrogen) atoms. The van der Waals surface area contributed by atoms with Crippen molar-refractivity contribution in [3.05, 3.63) is 78.2 Å². The topological polar surface area (TPSA) is 172 Å². The first-order valence-corrected chi connectivity index (χ1v) is 15.0. The van der Waals surface area contributed by atoms with E-state index in [0.29, 0.717) is 44.4 Å². The van der Waals surface area contributed by atoms with Crippen LogP contribution in [0.3, 0.4) is 0 Å². The number of nitrogens with zero attached hydrogens (tertiary/aromatic N) is 3. The third-order valence-electron chi connectivity index (χ3n) is 6.59. The molecule has 1 aliphatic heterocycles. The number of H-pyrrole nitrogens is 1. The number of carbonyl (C=O) groups excluding carboxylic acids is 2. The fourth-order valence-electron chi connectivity index (χ4n) is 4.22. The van der Waals surface area contributed by atoms with Crippen LogP contribution in [0.25, 0.3) is 10.9 Å². The van der Waals surface area contributed by atoms with Crippen molar-refractivity contribution in [2.24, 2.45) is 5.73 Å². The van der Waals surface area contributed by atoms with E-state index in [1.807, 2.05) is 36.1 Å². The second kappa shape index (κ2) is 14.0. The highest BCUT2D eigenvalue weighted by molar-refractivity contribution is 7.89. The average molecular weight is 594 g/mol. The van der Waals surface area contributed by atoms with Gasteiger partial charge in [-0.1, -0.05) is 42.8 Å². The molecule has 0 saturated carbocycles. The Kier molecular flexibility index (Phi) is 10.2. The molecule has 222 valence electrons. The summed E-state index contributed by atoms with van der Waals surface area (Å²) in [6, 6.07) is 13.1. The lowest BCUT2D eigenvalue weighted by molar-refractivity contribution is -0.118. The van der Waals surface area contributed by atoms with Gasteiger partial charge < -0.3 is 25.7 Å². The van der Waals surface area contributed by atoms with Crippen LogP contribution >= 0.6 is 0 Å². The minimum Gasteiger partial charge on any atom is -0.378 e. The number of para-hydroxylation sites is 1. The van der Waals surface area contributed by atoms with Crippen LogP contribution in [0.4, 0.5) is 11.6 Å². The second-order valence-corrected chi connectivity index (χ2v) is 11.4. The molecular formula is C29H35N7O5S. The normalized spacial score (nSPS) is 14.1. The molecule has 0 unspecified atom stereocenters. The summed E-state index contributed by atoms with van der Waals surface area (Å²) >= 11 is 0. The predicted molar refractivity (Wildman–Crippen MR) is 160 cm³/mol. The molecule has 1 atom stereocenters. The minimum absolute atomic E-state index is 0.0908. The Morgan fingerprint density at radius 2 is 1.71 bits per heavy atom. The number of hydrogen-bond donors (Lipinski definition) is 4. The lowest BCUT2D eigenvalue weighted by Crippen LogP contribution is -2.45. The molecule has 0 radical (unpaired) electrons. The van der Waals surface area contributed by atoms with Crippen molar-refractivity contribution in [1.82, 2.24) is 19.7 Å². The minimum atomic E-state index is -3.96. The van der Waals surface area contributed by atoms with Gasteiger partial charge in [-0.3, -0.25) is 9.59 Å². The number of amides is 2. The van der Waals surface area contributed by atoms with Gasteiger partial charge in [-0.2, -0.15) is 4.72 Å². The number of nitrogens with one attached hydrogen (secondary N) is 3. The number of morpholine rings is 1. The number of aromatic amines is 1. The molecule has 3 heterocycles. The first-order valence-electron chi connectivity index (χ1n) is 13.5. The van der Waals surface area contributed by atoms with Crippen molar-refractivity contribution in [2.75, 3.05) is 36.5 Å². The number of hydrogen-bond acceptors (Lipinski definition) is 8. The van der Waals surface area contributed by atoms with Crippen LogP contribution in [0.2, 0.25) is 0 Å². The maximum atomic E-state index is 13.4. The van der Waals surface area contributed by atoms with Gasteiger partial charge >= 0.3 is 0 Å². The van der Waals surface area contributed by atoms with E-state index >= 15 is 0 Å². The summed E-state index contributed by atoms with van der Waals surface area (Å²) in [5, 5.41) is 3.70. The summed E-state index contributed by atoms with van der Waals surface area (Å²) < 4.78 is 34.3. The van der Waals surface area contributed by atoms with Crippen LogP contribution < -0.4 is 20.7 Å². The molecule has 2 aromatic heterocycles. The van der Waals surface area contributed by atoms with Crippen molar-refractivity contribution in [3.8, 4) is 0 Å². The maximum Gasteiger partial charge on any atom is 0.242 e. The third-order valence-corrected chi connectivity index (χ3v) is 8.08. The number of nitrogens with two attached hydrogens (primary N) is 1. The second-order valence-electron chi connectivity index (χ2n) is 9.73. The number of primary amides is 1. The van der Waals surface area contributed by atoms with Gasteiger partial charge in [0.1, 0.15) is 6.04 Å². The van der Waals surface area contributed by atoms with E-state index in [1.165, 1.54) is 24.5 Å². The standard InChI is InChI=1S/C26H28N6O4S.C3H7NO/c1-18-6-8-21(9-7-18)37(34,35)31-24(14-19-15-27-23-5-3-2-4-22(19)23)25(33)30-20-16-28-26(29-17-20)32-10-12-36-13-11-32;1-2-3(4)5/h2-9,15-17,24,27,31H,10-14H2,1H3,(H,30,33);2H2,1H3,(H2,4,5)/t24-;/m0./s1. The van der Waals surface area contributed by atoms with Crippen LogP contribution in [0.15, 0.2) is 72.0 Å². The zero-order valence-electron chi connectivity index (χ0n) is 23.5. The largest absolute Gasteiger partial charge is 0.378 e. The number of aryl methyl sites for hydroxylation is 1. The number of carbonyl (C=O) groups is 2. The van der Waals surface area contributed by atoms with Gasteiger partial charge in [0.25, 0.3) is 0 Å². The molecule has 13 heteroatoms. The Balaban J connectivity index is 0.000000748. The van der Waals surface area contributed by atoms with Gasteiger partial charge in [-0.25, -0.2) is 18.4 Å². The lowest BCUT2D eigenvalue weighted by atomic mass is 10.1. The molecule has 5 N–H and O–H groups in total. The van der Waals surface area contributed by atoms with Crippen molar-refractivity contribution in [3.63, 3.8) is 0 Å². The van der Waals surface area contributed by atoms with Gasteiger partial charge in [0.05, 0.1) is 36.2 Å². The van der Waals surface area contributed by atoms with Crippen LogP contribution in [0, 0.1) is 6.92 Å². The third kappa shape index (κ3) is 8.12. The Morgan fingerprint density at radius 3 is 2.36 bits per heavy atom. The zero-order chi connectivity index (χ0) is 30.1. The number of rotatable bonds is 9. The Hall–Kier alpha value is -4.33. The summed E-state index contributed by atoms with van der Waals surface area (Å²) in [6.45, 7) is 6.21. The van der Waals surface area contributed by atoms with E-state index in [-0.39, 0.29) is 17.2 Å². The van der Waals surface area contributed by atoms with Gasteiger partial charge in [0.15, 0.2) is 0 Å². The molecular weight excluding hydrogens is 558 g/mol. The first-order chi connectivity index (χ1) is 20.2. The van der Waals surface area contributed by atoms with E-state index in [2.05, 4.69) is 30.7 Å². The van der Waals surface area contributed by atoms with E-state index in [1.54, 1.807) is 25.3 Å². The molecule has 5 rings (SSSR count). The highest BCUT2D eigenvalue weighted by atomic mass is 32.2. The molecule has 0 aliphatic carbocycles. The molecule has 1 fully saturated rings. The SMILES string of the molecule is CCC(N)=O.Cc1ccc(S(=O)(=O)N[C@@H](Cc2c[nH]c3ccccc23)C(=O)Nc2cnc(N3CCOCC3)nc2)cc1. The lowest BCUT2D eigenvalue weighted by Gasteiger charge is -2.26. The van der Waals surface area contributed by atoms with E-state index < -0.39 is 22.0 Å². The highest BCUT2D eigenvalue weighted by Crippen LogP contribution is 2.21. The number of benzene rings is 2. The Morgan fingerprint density at radius 1 is 1.07 bits per heavy atom. The molecule has 0 spiro atoms. The number of aromatic nitrogens is 3. The summed E-state index contributed by atoms with van der Waals surface area (Å²) in [7, 11) is -3.96. The average Bonchev–Trinajstić information content (AvgIpc) is 3.41. The molecule has 1 saturated heterocycles. The number of anilines is 2. The fourth-order valence-corrected chi connectivity index (χ4v) is 5.42. The molecule has 2 aromatic carbocycles. The number of fused-ring (bicyclic) bond motifs is 1. The quantitative estimate of drug-likeness (QED) is 0.229. The summed E-state index contributed by atoms with van der Waals surface area (Å²) in [5.41, 5.74) is 7.69. The maximum absolute atomic E-state index is 13.4. The first kappa shape index (κ1) is 30.6. The van der Waals surface area contributed by atoms with Crippen molar-refractivity contribution < 1.29 is 22.7 Å². The summed E-state index contributed by atoms with van der Waals surface area (Å²) in [6.07, 6.45) is 5.43. The van der Waals surface area contributed by atoms with Crippen molar-refractivity contribution in [1.29, 1.82) is 0 Å². The molecule has 0 bridgehead atoms. The summed E-state index contributed by atoms with van der Waals surface area (Å²) in [5.74, 6) is -0.203. The van der Waals surface area contributed by atoms with E-state index in [4.69, 9.17) is 4.74 Å². The van der Waals surface area contributed by atoms with E-state index in [0.717, 1.165) is 22.0 Å². The highest BCUT2D eigenvalue weighted by Gasteiger charge is 2.27. The van der Waals surface area contributed by atoms with Crippen molar-refractivity contribution in [2.45, 2.75) is 37.6 Å². The van der Waals surface area contributed by atoms with Gasteiger partial charge in [-0.15, -0.1) is 0 Å². The molecule has 2 amide bonds. The van der Waals surface area contributed by atoms with Crippen LogP contribution in [-0.2, 0) is 30.8 Å². The zero-order valence-corrected chi connectivity index (χ0v) is 24.4. The van der Waals surface area contributed by atoms with Gasteiger partial charge in [-0.05, 0) is 37.1 Å².